The highest BCUT2D eigenvalue weighted by Crippen LogP contribution is 2.12. The van der Waals surface area contributed by atoms with Crippen LogP contribution in [-0.2, 0) is 0 Å². The Balaban J connectivity index is 1.92. The molecule has 0 saturated carbocycles. The lowest BCUT2D eigenvalue weighted by Gasteiger charge is -2.10. The molecule has 5 nitrogen and oxygen atoms in total. The molecule has 2 amide bonds. The van der Waals surface area contributed by atoms with Crippen molar-refractivity contribution in [3.8, 4) is 0 Å². The van der Waals surface area contributed by atoms with Crippen molar-refractivity contribution in [3.63, 3.8) is 0 Å². The van der Waals surface area contributed by atoms with Gasteiger partial charge in [-0.3, -0.25) is 14.9 Å². The summed E-state index contributed by atoms with van der Waals surface area (Å²) >= 11 is 11.0. The van der Waals surface area contributed by atoms with Gasteiger partial charge in [-0.2, -0.15) is 0 Å². The van der Waals surface area contributed by atoms with Gasteiger partial charge in [0.2, 0.25) is 0 Å². The van der Waals surface area contributed by atoms with E-state index in [9.17, 15) is 9.59 Å². The lowest BCUT2D eigenvalue weighted by atomic mass is 10.2. The lowest BCUT2D eigenvalue weighted by molar-refractivity contribution is 0.0951. The average Bonchev–Trinajstić information content (AvgIpc) is 2.60. The van der Waals surface area contributed by atoms with E-state index in [1.54, 1.807) is 48.5 Å². The molecule has 25 heavy (non-hydrogen) atoms. The number of thiocarbonyl (C=S) groups is 1. The Hall–Kier alpha value is -2.44. The summed E-state index contributed by atoms with van der Waals surface area (Å²) in [6.07, 6.45) is 0.881. The zero-order valence-corrected chi connectivity index (χ0v) is 15.2. The van der Waals surface area contributed by atoms with Crippen LogP contribution in [0.4, 0.5) is 5.69 Å². The fourth-order valence-corrected chi connectivity index (χ4v) is 2.41. The minimum absolute atomic E-state index is 0.120. The van der Waals surface area contributed by atoms with Gasteiger partial charge in [0.15, 0.2) is 5.11 Å². The molecule has 0 unspecified atom stereocenters. The number of anilines is 1. The number of rotatable bonds is 5. The van der Waals surface area contributed by atoms with Crippen LogP contribution in [0.3, 0.4) is 0 Å². The van der Waals surface area contributed by atoms with Crippen LogP contribution in [0.5, 0.6) is 0 Å². The van der Waals surface area contributed by atoms with Crippen LogP contribution in [-0.4, -0.2) is 23.5 Å². The van der Waals surface area contributed by atoms with Gasteiger partial charge in [0.1, 0.15) is 0 Å². The molecule has 130 valence electrons. The number of amides is 2. The number of hydrogen-bond donors (Lipinski definition) is 3. The average molecular weight is 376 g/mol. The van der Waals surface area contributed by atoms with Gasteiger partial charge in [0.05, 0.1) is 0 Å². The maximum Gasteiger partial charge on any atom is 0.257 e. The van der Waals surface area contributed by atoms with E-state index in [0.29, 0.717) is 28.4 Å². The highest BCUT2D eigenvalue weighted by molar-refractivity contribution is 7.80. The second kappa shape index (κ2) is 9.15. The summed E-state index contributed by atoms with van der Waals surface area (Å²) in [4.78, 5) is 23.9. The molecule has 2 aromatic rings. The van der Waals surface area contributed by atoms with Gasteiger partial charge in [-0.15, -0.1) is 0 Å². The second-order valence-electron chi connectivity index (χ2n) is 5.25. The molecule has 2 aromatic carbocycles. The van der Waals surface area contributed by atoms with E-state index < -0.39 is 0 Å². The fourth-order valence-electron chi connectivity index (χ4n) is 2.01. The molecule has 0 saturated heterocycles. The van der Waals surface area contributed by atoms with Crippen LogP contribution in [0.15, 0.2) is 48.5 Å². The van der Waals surface area contributed by atoms with Gasteiger partial charge in [-0.05, 0) is 61.1 Å². The van der Waals surface area contributed by atoms with E-state index in [1.165, 1.54) is 0 Å². The molecule has 0 aromatic heterocycles. The number of hydrogen-bond acceptors (Lipinski definition) is 3. The van der Waals surface area contributed by atoms with Crippen LogP contribution >= 0.6 is 23.8 Å². The van der Waals surface area contributed by atoms with E-state index in [4.69, 9.17) is 23.8 Å². The van der Waals surface area contributed by atoms with Crippen LogP contribution in [0, 0.1) is 0 Å². The normalized spacial score (nSPS) is 10.0. The van der Waals surface area contributed by atoms with Gasteiger partial charge in [0.25, 0.3) is 11.8 Å². The molecule has 0 bridgehead atoms. The first kappa shape index (κ1) is 18.9. The van der Waals surface area contributed by atoms with E-state index in [2.05, 4.69) is 16.0 Å². The molecule has 0 aliphatic heterocycles. The third-order valence-electron chi connectivity index (χ3n) is 3.25. The van der Waals surface area contributed by atoms with E-state index >= 15 is 0 Å². The predicted molar refractivity (Wildman–Crippen MR) is 104 cm³/mol. The van der Waals surface area contributed by atoms with Gasteiger partial charge in [0, 0.05) is 28.4 Å². The van der Waals surface area contributed by atoms with Gasteiger partial charge >= 0.3 is 0 Å². The van der Waals surface area contributed by atoms with E-state index in [-0.39, 0.29) is 16.9 Å². The van der Waals surface area contributed by atoms with E-state index in [1.807, 2.05) is 6.92 Å². The van der Waals surface area contributed by atoms with E-state index in [0.717, 1.165) is 6.42 Å². The van der Waals surface area contributed by atoms with Crippen molar-refractivity contribution in [1.29, 1.82) is 0 Å². The number of halogens is 1. The fraction of sp³-hybridized carbons (Fsp3) is 0.167. The van der Waals surface area contributed by atoms with Crippen LogP contribution in [0.1, 0.15) is 34.1 Å². The Bertz CT molecular complexity index is 778. The zero-order valence-electron chi connectivity index (χ0n) is 13.6. The summed E-state index contributed by atoms with van der Waals surface area (Å²) in [6.45, 7) is 2.63. The highest BCUT2D eigenvalue weighted by Gasteiger charge is 2.09. The van der Waals surface area contributed by atoms with Crippen molar-refractivity contribution in [3.05, 3.63) is 64.7 Å². The third-order valence-corrected chi connectivity index (χ3v) is 3.69. The Morgan fingerprint density at radius 1 is 1.04 bits per heavy atom. The smallest absolute Gasteiger partial charge is 0.257 e. The minimum atomic E-state index is -0.351. The topological polar surface area (TPSA) is 70.2 Å². The summed E-state index contributed by atoms with van der Waals surface area (Å²) in [5.41, 5.74) is 1.65. The van der Waals surface area contributed by atoms with Crippen molar-refractivity contribution < 1.29 is 9.59 Å². The zero-order chi connectivity index (χ0) is 18.2. The molecular formula is C18H18ClN3O2S. The largest absolute Gasteiger partial charge is 0.352 e. The molecule has 7 heteroatoms. The standard InChI is InChI=1S/C18H18ClN3O2S/c1-2-10-20-16(23)12-6-8-15(9-7-12)21-18(25)22-17(24)13-4-3-5-14(19)11-13/h3-9,11H,2,10H2,1H3,(H,20,23)(H2,21,22,24,25). The summed E-state index contributed by atoms with van der Waals surface area (Å²) in [5.74, 6) is -0.471. The molecule has 2 rings (SSSR count). The number of benzene rings is 2. The van der Waals surface area contributed by atoms with Crippen molar-refractivity contribution in [2.75, 3.05) is 11.9 Å². The minimum Gasteiger partial charge on any atom is -0.352 e. The molecule has 0 aliphatic rings. The van der Waals surface area contributed by atoms with Crippen molar-refractivity contribution >= 4 is 46.4 Å². The number of carbonyl (C=O) groups excluding carboxylic acids is 2. The molecule has 3 N–H and O–H groups in total. The van der Waals surface area contributed by atoms with Crippen molar-refractivity contribution in [2.45, 2.75) is 13.3 Å². The maximum atomic E-state index is 12.1. The monoisotopic (exact) mass is 375 g/mol. The Morgan fingerprint density at radius 2 is 1.76 bits per heavy atom. The third kappa shape index (κ3) is 5.85. The number of nitrogens with one attached hydrogen (secondary N) is 3. The highest BCUT2D eigenvalue weighted by atomic mass is 35.5. The summed E-state index contributed by atoms with van der Waals surface area (Å²) in [7, 11) is 0. The summed E-state index contributed by atoms with van der Waals surface area (Å²) < 4.78 is 0. The molecule has 0 spiro atoms. The first-order valence-electron chi connectivity index (χ1n) is 7.75. The van der Waals surface area contributed by atoms with Crippen LogP contribution < -0.4 is 16.0 Å². The lowest BCUT2D eigenvalue weighted by Crippen LogP contribution is -2.34. The van der Waals surface area contributed by atoms with Gasteiger partial charge in [-0.1, -0.05) is 24.6 Å². The number of carbonyl (C=O) groups is 2. The van der Waals surface area contributed by atoms with Crippen molar-refractivity contribution in [1.82, 2.24) is 10.6 Å². The Labute approximate surface area is 156 Å². The molecule has 0 fully saturated rings. The maximum absolute atomic E-state index is 12.1. The van der Waals surface area contributed by atoms with Gasteiger partial charge in [-0.25, -0.2) is 0 Å². The quantitative estimate of drug-likeness (QED) is 0.698. The molecular weight excluding hydrogens is 358 g/mol. The first-order chi connectivity index (χ1) is 12.0. The second-order valence-corrected chi connectivity index (χ2v) is 6.10. The van der Waals surface area contributed by atoms with Crippen LogP contribution in [0.2, 0.25) is 5.02 Å². The summed E-state index contributed by atoms with van der Waals surface area (Å²) in [6, 6.07) is 13.4. The predicted octanol–water partition coefficient (Wildman–Crippen LogP) is 3.61. The molecule has 0 heterocycles. The SMILES string of the molecule is CCCNC(=O)c1ccc(NC(=S)NC(=O)c2cccc(Cl)c2)cc1. The van der Waals surface area contributed by atoms with Crippen LogP contribution in [0.25, 0.3) is 0 Å². The molecule has 0 radical (unpaired) electrons. The molecule has 0 aliphatic carbocycles. The molecule has 0 atom stereocenters. The first-order valence-corrected chi connectivity index (χ1v) is 8.54. The van der Waals surface area contributed by atoms with Crippen molar-refractivity contribution in [2.24, 2.45) is 0 Å². The summed E-state index contributed by atoms with van der Waals surface area (Å²) in [5, 5.41) is 8.92. The Kier molecular flexibility index (Phi) is 6.91. The van der Waals surface area contributed by atoms with Gasteiger partial charge < -0.3 is 10.6 Å². The Morgan fingerprint density at radius 3 is 2.40 bits per heavy atom.